The Balaban J connectivity index is 0.990. The lowest BCUT2D eigenvalue weighted by Gasteiger charge is -2.16. The number of hydrogen-bond donors (Lipinski definition) is 0. The van der Waals surface area contributed by atoms with Crippen molar-refractivity contribution in [2.75, 3.05) is 0 Å². The van der Waals surface area contributed by atoms with E-state index in [9.17, 15) is 0 Å². The van der Waals surface area contributed by atoms with E-state index in [1.54, 1.807) is 0 Å². The topological polar surface area (TPSA) is 4.93 Å². The number of aromatic nitrogens is 1. The maximum atomic E-state index is 2.51. The van der Waals surface area contributed by atoms with Crippen LogP contribution in [0.1, 0.15) is 17.9 Å². The van der Waals surface area contributed by atoms with Gasteiger partial charge in [0.25, 0.3) is 0 Å². The summed E-state index contributed by atoms with van der Waals surface area (Å²) in [5, 5.41) is 10.2. The van der Waals surface area contributed by atoms with Crippen molar-refractivity contribution in [3.05, 3.63) is 223 Å². The van der Waals surface area contributed by atoms with Gasteiger partial charge in [-0.25, -0.2) is 0 Å². The number of rotatable bonds is 6. The molecule has 57 heavy (non-hydrogen) atoms. The summed E-state index contributed by atoms with van der Waals surface area (Å²) in [6.45, 7) is 0. The maximum Gasteiger partial charge on any atom is 0.0492 e. The number of nitrogens with zero attached hydrogens (tertiary/aromatic N) is 1. The zero-order valence-electron chi connectivity index (χ0n) is 31.5. The van der Waals surface area contributed by atoms with Crippen molar-refractivity contribution >= 4 is 44.5 Å². The zero-order valence-corrected chi connectivity index (χ0v) is 31.5. The Morgan fingerprint density at radius 1 is 0.386 bits per heavy atom. The molecule has 0 N–H and O–H groups in total. The van der Waals surface area contributed by atoms with E-state index in [4.69, 9.17) is 0 Å². The summed E-state index contributed by atoms with van der Waals surface area (Å²) < 4.78 is 2.39. The molecule has 0 saturated heterocycles. The predicted molar refractivity (Wildman–Crippen MR) is 242 cm³/mol. The molecular weight excluding hydrogens is 687 g/mol. The number of fused-ring (bicyclic) bond motifs is 4. The molecule has 0 radical (unpaired) electrons. The minimum Gasteiger partial charge on any atom is -0.316 e. The summed E-state index contributed by atoms with van der Waals surface area (Å²) in [5.74, 6) is 0.277. The van der Waals surface area contributed by atoms with Gasteiger partial charge < -0.3 is 4.57 Å². The Bertz CT molecular complexity index is 3230. The molecule has 10 aromatic rings. The molecule has 0 saturated carbocycles. The minimum absolute atomic E-state index is 0.277. The first kappa shape index (κ1) is 33.1. The molecule has 0 amide bonds. The van der Waals surface area contributed by atoms with Crippen LogP contribution in [-0.4, -0.2) is 4.57 Å². The molecule has 1 heteroatoms. The Kier molecular flexibility index (Phi) is 8.03. The van der Waals surface area contributed by atoms with Gasteiger partial charge in [-0.05, 0) is 101 Å². The minimum atomic E-state index is 0.277. The van der Waals surface area contributed by atoms with Crippen LogP contribution in [0.15, 0.2) is 206 Å². The van der Waals surface area contributed by atoms with Crippen molar-refractivity contribution in [2.24, 2.45) is 0 Å². The standard InChI is InChI=1S/C56H39N/c1-2-12-46-35-47(28-21-38(46)9-1)40-29-32-49(33-30-40)57-37-55(45-26-24-44(25-27-45)53-18-8-14-42-11-4-6-16-51(42)53)54-36-48(31-34-56(54)57)39-19-22-43(23-20-39)52-17-7-13-41-10-3-5-15-50(41)52/h1-30,32-37,48H,31H2. The predicted octanol–water partition coefficient (Wildman–Crippen LogP) is 13.4. The highest BCUT2D eigenvalue weighted by molar-refractivity contribution is 5.98. The van der Waals surface area contributed by atoms with Crippen LogP contribution < -0.4 is 10.6 Å². The molecule has 1 aliphatic carbocycles. The highest BCUT2D eigenvalue weighted by Gasteiger charge is 2.18. The quantitative estimate of drug-likeness (QED) is 0.161. The molecule has 0 fully saturated rings. The normalized spacial score (nSPS) is 13.6. The van der Waals surface area contributed by atoms with Crippen LogP contribution in [0.5, 0.6) is 0 Å². The molecule has 1 aliphatic rings. The van der Waals surface area contributed by atoms with Crippen molar-refractivity contribution in [2.45, 2.75) is 12.3 Å². The second-order valence-corrected chi connectivity index (χ2v) is 15.3. The molecule has 1 aromatic heterocycles. The lowest BCUT2D eigenvalue weighted by molar-refractivity contribution is 0.903. The number of benzene rings is 9. The second kappa shape index (κ2) is 13.8. The lowest BCUT2D eigenvalue weighted by Crippen LogP contribution is -2.32. The smallest absolute Gasteiger partial charge is 0.0492 e. The van der Waals surface area contributed by atoms with Gasteiger partial charge in [-0.15, -0.1) is 0 Å². The Labute approximate surface area is 332 Å². The van der Waals surface area contributed by atoms with Crippen LogP contribution in [0, 0.1) is 0 Å². The van der Waals surface area contributed by atoms with Crippen LogP contribution in [0.2, 0.25) is 0 Å². The van der Waals surface area contributed by atoms with Crippen LogP contribution in [0.3, 0.4) is 0 Å². The third-order valence-electron chi connectivity index (χ3n) is 12.0. The summed E-state index contributed by atoms with van der Waals surface area (Å²) >= 11 is 0. The van der Waals surface area contributed by atoms with Gasteiger partial charge in [-0.1, -0.05) is 194 Å². The average Bonchev–Trinajstić information content (AvgIpc) is 3.67. The fourth-order valence-corrected chi connectivity index (χ4v) is 8.98. The first-order valence-corrected chi connectivity index (χ1v) is 19.9. The van der Waals surface area contributed by atoms with Gasteiger partial charge in [-0.3, -0.25) is 0 Å². The van der Waals surface area contributed by atoms with Gasteiger partial charge in [0.05, 0.1) is 0 Å². The van der Waals surface area contributed by atoms with Crippen molar-refractivity contribution < 1.29 is 0 Å². The van der Waals surface area contributed by atoms with Crippen LogP contribution >= 0.6 is 0 Å². The van der Waals surface area contributed by atoms with E-state index in [2.05, 4.69) is 223 Å². The lowest BCUT2D eigenvalue weighted by atomic mass is 9.89. The first-order valence-electron chi connectivity index (χ1n) is 19.9. The largest absolute Gasteiger partial charge is 0.316 e. The molecular formula is C56H39N. The monoisotopic (exact) mass is 725 g/mol. The van der Waals surface area contributed by atoms with E-state index in [0.29, 0.717) is 0 Å². The SMILES string of the molecule is C1=c2c(-c3ccc(-c4cccc5ccccc45)cc3)cn(-c3ccc(-c4ccc5ccccc5c4)cc3)c2=CCC1c1ccc(-c2cccc3ccccc23)cc1. The van der Waals surface area contributed by atoms with Gasteiger partial charge >= 0.3 is 0 Å². The molecule has 1 unspecified atom stereocenters. The van der Waals surface area contributed by atoms with E-state index in [-0.39, 0.29) is 5.92 Å². The van der Waals surface area contributed by atoms with Crippen LogP contribution in [0.25, 0.3) is 94.7 Å². The summed E-state index contributed by atoms with van der Waals surface area (Å²) in [7, 11) is 0. The molecule has 11 rings (SSSR count). The summed E-state index contributed by atoms with van der Waals surface area (Å²) in [6.07, 6.45) is 8.25. The maximum absolute atomic E-state index is 2.51. The molecule has 1 nitrogen and oxygen atoms in total. The average molecular weight is 726 g/mol. The van der Waals surface area contributed by atoms with Crippen LogP contribution in [0.4, 0.5) is 0 Å². The van der Waals surface area contributed by atoms with E-state index < -0.39 is 0 Å². The molecule has 1 heterocycles. The fraction of sp³-hybridized carbons (Fsp3) is 0.0357. The van der Waals surface area contributed by atoms with E-state index >= 15 is 0 Å². The Morgan fingerprint density at radius 2 is 0.895 bits per heavy atom. The van der Waals surface area contributed by atoms with E-state index in [1.807, 2.05) is 0 Å². The fourth-order valence-electron chi connectivity index (χ4n) is 8.98. The van der Waals surface area contributed by atoms with Crippen molar-refractivity contribution in [3.63, 3.8) is 0 Å². The van der Waals surface area contributed by atoms with Gasteiger partial charge in [0.2, 0.25) is 0 Å². The molecule has 9 aromatic carbocycles. The second-order valence-electron chi connectivity index (χ2n) is 15.3. The highest BCUT2D eigenvalue weighted by atomic mass is 15.0. The summed E-state index contributed by atoms with van der Waals surface area (Å²) in [4.78, 5) is 0. The Hall–Kier alpha value is -7.22. The molecule has 0 bridgehead atoms. The summed E-state index contributed by atoms with van der Waals surface area (Å²) in [5.41, 5.74) is 12.4. The summed E-state index contributed by atoms with van der Waals surface area (Å²) in [6, 6.07) is 73.3. The van der Waals surface area contributed by atoms with Crippen molar-refractivity contribution in [1.82, 2.24) is 4.57 Å². The van der Waals surface area contributed by atoms with Gasteiger partial charge in [-0.2, -0.15) is 0 Å². The zero-order chi connectivity index (χ0) is 37.7. The molecule has 1 atom stereocenters. The molecule has 0 spiro atoms. The number of hydrogen-bond acceptors (Lipinski definition) is 0. The Morgan fingerprint density at radius 3 is 1.54 bits per heavy atom. The van der Waals surface area contributed by atoms with Crippen molar-refractivity contribution in [1.29, 1.82) is 0 Å². The first-order chi connectivity index (χ1) is 28.2. The molecule has 0 aliphatic heterocycles. The van der Waals surface area contributed by atoms with Gasteiger partial charge in [0, 0.05) is 33.9 Å². The van der Waals surface area contributed by atoms with Crippen LogP contribution in [-0.2, 0) is 0 Å². The van der Waals surface area contributed by atoms with Crippen molar-refractivity contribution in [3.8, 4) is 50.2 Å². The van der Waals surface area contributed by atoms with E-state index in [0.717, 1.165) is 12.1 Å². The third kappa shape index (κ3) is 5.96. The third-order valence-corrected chi connectivity index (χ3v) is 12.0. The molecule has 268 valence electrons. The van der Waals surface area contributed by atoms with Gasteiger partial charge in [0.1, 0.15) is 0 Å². The van der Waals surface area contributed by atoms with Gasteiger partial charge in [0.15, 0.2) is 0 Å². The highest BCUT2D eigenvalue weighted by Crippen LogP contribution is 2.34. The van der Waals surface area contributed by atoms with E-state index in [1.165, 1.54) is 93.0 Å².